The fourth-order valence-corrected chi connectivity index (χ4v) is 2.37. The minimum absolute atomic E-state index is 0.100. The van der Waals surface area contributed by atoms with E-state index in [1.807, 2.05) is 30.5 Å². The summed E-state index contributed by atoms with van der Waals surface area (Å²) in [5, 5.41) is 3.48. The first-order valence-corrected chi connectivity index (χ1v) is 8.11. The average molecular weight is 349 g/mol. The van der Waals surface area contributed by atoms with Gasteiger partial charge in [-0.25, -0.2) is 0 Å². The average Bonchev–Trinajstić information content (AvgIpc) is 2.52. The van der Waals surface area contributed by atoms with Gasteiger partial charge in [0, 0.05) is 10.7 Å². The lowest BCUT2D eigenvalue weighted by molar-refractivity contribution is 0.317. The number of pyridine rings is 1. The number of halogens is 1. The number of rotatable bonds is 7. The highest BCUT2D eigenvalue weighted by Gasteiger charge is 2.14. The molecule has 0 fully saturated rings. The van der Waals surface area contributed by atoms with Gasteiger partial charge in [-0.15, -0.1) is 0 Å². The van der Waals surface area contributed by atoms with Gasteiger partial charge in [0.15, 0.2) is 0 Å². The summed E-state index contributed by atoms with van der Waals surface area (Å²) < 4.78 is 6.62. The molecule has 0 saturated heterocycles. The molecule has 1 aromatic carbocycles. The van der Waals surface area contributed by atoms with Crippen LogP contribution in [0.4, 0.5) is 0 Å². The van der Waals surface area contributed by atoms with Crippen molar-refractivity contribution in [1.82, 2.24) is 10.3 Å². The van der Waals surface area contributed by atoms with Gasteiger partial charge in [0.05, 0.1) is 18.3 Å². The topological polar surface area (TPSA) is 34.1 Å². The minimum Gasteiger partial charge on any atom is -0.494 e. The number of hydrogen-bond acceptors (Lipinski definition) is 3. The van der Waals surface area contributed by atoms with Crippen molar-refractivity contribution in [3.63, 3.8) is 0 Å². The molecule has 1 atom stereocenters. The highest BCUT2D eigenvalue weighted by molar-refractivity contribution is 9.10. The van der Waals surface area contributed by atoms with Crippen molar-refractivity contribution >= 4 is 15.9 Å². The lowest BCUT2D eigenvalue weighted by Crippen LogP contribution is -2.22. The molecule has 0 amide bonds. The maximum absolute atomic E-state index is 5.63. The van der Waals surface area contributed by atoms with Crippen LogP contribution < -0.4 is 10.1 Å². The minimum atomic E-state index is 0.100. The van der Waals surface area contributed by atoms with Crippen LogP contribution in [0.1, 0.15) is 37.6 Å². The number of ether oxygens (including phenoxy) is 1. The fourth-order valence-electron chi connectivity index (χ4n) is 2.13. The zero-order chi connectivity index (χ0) is 15.1. The first-order valence-electron chi connectivity index (χ1n) is 7.32. The van der Waals surface area contributed by atoms with Crippen LogP contribution in [0, 0.1) is 0 Å². The summed E-state index contributed by atoms with van der Waals surface area (Å²) in [6.07, 6.45) is 2.85. The molecular formula is C17H21BrN2O. The van der Waals surface area contributed by atoms with E-state index in [1.54, 1.807) is 0 Å². The van der Waals surface area contributed by atoms with E-state index in [0.29, 0.717) is 0 Å². The van der Waals surface area contributed by atoms with Gasteiger partial charge < -0.3 is 10.1 Å². The van der Waals surface area contributed by atoms with Gasteiger partial charge >= 0.3 is 0 Å². The lowest BCUT2D eigenvalue weighted by atomic mass is 10.0. The molecule has 1 heterocycles. The van der Waals surface area contributed by atoms with Gasteiger partial charge in [-0.2, -0.15) is 0 Å². The van der Waals surface area contributed by atoms with Gasteiger partial charge in [-0.3, -0.25) is 4.98 Å². The zero-order valence-electron chi connectivity index (χ0n) is 12.5. The quantitative estimate of drug-likeness (QED) is 0.808. The lowest BCUT2D eigenvalue weighted by Gasteiger charge is -2.18. The van der Waals surface area contributed by atoms with Crippen molar-refractivity contribution in [2.45, 2.75) is 26.3 Å². The van der Waals surface area contributed by atoms with Crippen LogP contribution in [0.15, 0.2) is 47.1 Å². The molecule has 0 bridgehead atoms. The van der Waals surface area contributed by atoms with Gasteiger partial charge in [-0.05, 0) is 58.7 Å². The normalized spacial score (nSPS) is 12.1. The van der Waals surface area contributed by atoms with Gasteiger partial charge in [0.25, 0.3) is 0 Å². The third-order valence-corrected chi connectivity index (χ3v) is 3.61. The third-order valence-electron chi connectivity index (χ3n) is 3.14. The number of nitrogens with zero attached hydrogens (tertiary/aromatic N) is 1. The van der Waals surface area contributed by atoms with Gasteiger partial charge in [0.1, 0.15) is 5.75 Å². The first kappa shape index (κ1) is 16.0. The Labute approximate surface area is 134 Å². The number of benzene rings is 1. The van der Waals surface area contributed by atoms with E-state index in [9.17, 15) is 0 Å². The van der Waals surface area contributed by atoms with E-state index < -0.39 is 0 Å². The van der Waals surface area contributed by atoms with Crippen LogP contribution >= 0.6 is 15.9 Å². The first-order chi connectivity index (χ1) is 10.2. The summed E-state index contributed by atoms with van der Waals surface area (Å²) in [6.45, 7) is 5.85. The predicted molar refractivity (Wildman–Crippen MR) is 89.7 cm³/mol. The van der Waals surface area contributed by atoms with E-state index in [2.05, 4.69) is 52.2 Å². The highest BCUT2D eigenvalue weighted by Crippen LogP contribution is 2.23. The molecule has 21 heavy (non-hydrogen) atoms. The van der Waals surface area contributed by atoms with E-state index >= 15 is 0 Å². The Morgan fingerprint density at radius 1 is 1.14 bits per heavy atom. The Bertz CT molecular complexity index is 540. The molecule has 112 valence electrons. The summed E-state index contributed by atoms with van der Waals surface area (Å²) >= 11 is 3.42. The van der Waals surface area contributed by atoms with Crippen molar-refractivity contribution < 1.29 is 4.74 Å². The third kappa shape index (κ3) is 4.55. The summed E-state index contributed by atoms with van der Waals surface area (Å²) in [5.74, 6) is 0.916. The number of hydrogen-bond donors (Lipinski definition) is 1. The van der Waals surface area contributed by atoms with Crippen LogP contribution in [0.25, 0.3) is 0 Å². The van der Waals surface area contributed by atoms with E-state index in [-0.39, 0.29) is 6.04 Å². The predicted octanol–water partition coefficient (Wildman–Crippen LogP) is 4.33. The molecule has 1 N–H and O–H groups in total. The van der Waals surface area contributed by atoms with Crippen molar-refractivity contribution in [3.05, 3.63) is 58.3 Å². The maximum atomic E-state index is 5.63. The maximum Gasteiger partial charge on any atom is 0.119 e. The van der Waals surface area contributed by atoms with Gasteiger partial charge in [0.2, 0.25) is 0 Å². The Balaban J connectivity index is 2.19. The highest BCUT2D eigenvalue weighted by atomic mass is 79.9. The molecule has 0 spiro atoms. The number of aromatic nitrogens is 1. The Morgan fingerprint density at radius 2 is 1.90 bits per heavy atom. The molecule has 4 heteroatoms. The molecule has 0 saturated carbocycles. The zero-order valence-corrected chi connectivity index (χ0v) is 14.1. The van der Waals surface area contributed by atoms with Crippen LogP contribution in [-0.4, -0.2) is 18.1 Å². The van der Waals surface area contributed by atoms with E-state index in [1.165, 1.54) is 5.56 Å². The molecule has 3 nitrogen and oxygen atoms in total. The molecule has 2 aromatic rings. The second-order valence-corrected chi connectivity index (χ2v) is 5.73. The molecule has 0 aliphatic carbocycles. The monoisotopic (exact) mass is 348 g/mol. The molecule has 2 rings (SSSR count). The summed E-state index contributed by atoms with van der Waals surface area (Å²) in [5.41, 5.74) is 2.21. The van der Waals surface area contributed by atoms with Crippen LogP contribution in [0.5, 0.6) is 5.75 Å². The summed E-state index contributed by atoms with van der Waals surface area (Å²) in [6, 6.07) is 12.4. The molecule has 0 radical (unpaired) electrons. The SMILES string of the molecule is CCCOc1ccc(C(NCC)c2ccc(Br)cn2)cc1. The Hall–Kier alpha value is -1.39. The van der Waals surface area contributed by atoms with E-state index in [0.717, 1.165) is 35.5 Å². The molecule has 0 aliphatic heterocycles. The summed E-state index contributed by atoms with van der Waals surface area (Å²) in [4.78, 5) is 4.51. The van der Waals surface area contributed by atoms with Crippen LogP contribution in [0.3, 0.4) is 0 Å². The fraction of sp³-hybridized carbons (Fsp3) is 0.353. The van der Waals surface area contributed by atoms with E-state index in [4.69, 9.17) is 4.74 Å². The van der Waals surface area contributed by atoms with Crippen molar-refractivity contribution in [2.24, 2.45) is 0 Å². The second-order valence-electron chi connectivity index (χ2n) is 4.81. The standard InChI is InChI=1S/C17H21BrN2O/c1-3-11-21-15-8-5-13(6-9-15)17(19-4-2)16-10-7-14(18)12-20-16/h5-10,12,17,19H,3-4,11H2,1-2H3. The second kappa shape index (κ2) is 8.15. The molecular weight excluding hydrogens is 328 g/mol. The van der Waals surface area contributed by atoms with Crippen molar-refractivity contribution in [2.75, 3.05) is 13.2 Å². The summed E-state index contributed by atoms with van der Waals surface area (Å²) in [7, 11) is 0. The smallest absolute Gasteiger partial charge is 0.119 e. The number of nitrogens with one attached hydrogen (secondary N) is 1. The van der Waals surface area contributed by atoms with Crippen LogP contribution in [0.2, 0.25) is 0 Å². The van der Waals surface area contributed by atoms with Gasteiger partial charge in [-0.1, -0.05) is 26.0 Å². The molecule has 1 aromatic heterocycles. The van der Waals surface area contributed by atoms with Crippen molar-refractivity contribution in [3.8, 4) is 5.75 Å². The Morgan fingerprint density at radius 3 is 2.48 bits per heavy atom. The molecule has 1 unspecified atom stereocenters. The Kier molecular flexibility index (Phi) is 6.21. The van der Waals surface area contributed by atoms with Crippen molar-refractivity contribution in [1.29, 1.82) is 0 Å². The largest absolute Gasteiger partial charge is 0.494 e. The molecule has 0 aliphatic rings. The van der Waals surface area contributed by atoms with Crippen LogP contribution in [-0.2, 0) is 0 Å².